The first-order valence-electron chi connectivity index (χ1n) is 9.60. The Labute approximate surface area is 181 Å². The number of rotatable bonds is 9. The van der Waals surface area contributed by atoms with Gasteiger partial charge in [-0.2, -0.15) is 4.98 Å². The summed E-state index contributed by atoms with van der Waals surface area (Å²) >= 11 is 0. The third-order valence-electron chi connectivity index (χ3n) is 4.62. The van der Waals surface area contributed by atoms with Crippen LogP contribution < -0.4 is 14.2 Å². The number of amides is 1. The molecule has 0 atom stereocenters. The molecule has 8 nitrogen and oxygen atoms in total. The van der Waals surface area contributed by atoms with Gasteiger partial charge in [-0.05, 0) is 25.1 Å². The number of benzene rings is 2. The molecule has 2 aromatic carbocycles. The van der Waals surface area contributed by atoms with Crippen LogP contribution in [0.15, 0.2) is 53.6 Å². The maximum Gasteiger partial charge on any atom is 0.254 e. The summed E-state index contributed by atoms with van der Waals surface area (Å²) in [6, 6.07) is 11.0. The van der Waals surface area contributed by atoms with Gasteiger partial charge >= 0.3 is 0 Å². The lowest BCUT2D eigenvalue weighted by molar-refractivity contribution is 0.0744. The average molecular weight is 423 g/mol. The summed E-state index contributed by atoms with van der Waals surface area (Å²) in [6.45, 7) is 6.15. The summed E-state index contributed by atoms with van der Waals surface area (Å²) in [5.74, 6) is 1.72. The molecule has 0 radical (unpaired) electrons. The average Bonchev–Trinajstić information content (AvgIpc) is 3.25. The lowest BCUT2D eigenvalue weighted by Crippen LogP contribution is -2.31. The van der Waals surface area contributed by atoms with E-state index in [9.17, 15) is 4.79 Å². The molecule has 0 saturated heterocycles. The molecule has 0 unspecified atom stereocenters. The maximum absolute atomic E-state index is 13.2. The summed E-state index contributed by atoms with van der Waals surface area (Å²) in [7, 11) is 4.50. The number of methoxy groups -OCH3 is 3. The van der Waals surface area contributed by atoms with E-state index in [1.807, 2.05) is 31.2 Å². The molecular formula is C23H25N3O5. The lowest BCUT2D eigenvalue weighted by atomic mass is 10.1. The van der Waals surface area contributed by atoms with Crippen LogP contribution in [0, 0.1) is 6.92 Å². The molecule has 1 amide bonds. The van der Waals surface area contributed by atoms with E-state index in [0.29, 0.717) is 34.5 Å². The number of aryl methyl sites for hydroxylation is 1. The van der Waals surface area contributed by atoms with Crippen LogP contribution in [0.2, 0.25) is 0 Å². The molecule has 31 heavy (non-hydrogen) atoms. The normalized spacial score (nSPS) is 10.5. The Balaban J connectivity index is 1.87. The van der Waals surface area contributed by atoms with Crippen molar-refractivity contribution in [3.8, 4) is 28.6 Å². The van der Waals surface area contributed by atoms with Gasteiger partial charge in [0.25, 0.3) is 5.91 Å². The minimum absolute atomic E-state index is 0.125. The van der Waals surface area contributed by atoms with E-state index >= 15 is 0 Å². The van der Waals surface area contributed by atoms with Crippen molar-refractivity contribution in [2.24, 2.45) is 0 Å². The van der Waals surface area contributed by atoms with Gasteiger partial charge in [-0.25, -0.2) is 0 Å². The summed E-state index contributed by atoms with van der Waals surface area (Å²) in [6.07, 6.45) is 1.63. The Hall–Kier alpha value is -3.81. The quantitative estimate of drug-likeness (QED) is 0.483. The van der Waals surface area contributed by atoms with E-state index in [1.165, 1.54) is 21.3 Å². The largest absolute Gasteiger partial charge is 0.493 e. The second kappa shape index (κ2) is 9.80. The number of aromatic nitrogens is 2. The zero-order valence-corrected chi connectivity index (χ0v) is 18.0. The standard InChI is InChI=1S/C23H25N3O5/c1-6-10-26(14-20-24-22(25-31-20)16-9-7-8-15(2)11-16)23(27)17-12-18(28-3)21(30-5)19(13-17)29-4/h6-9,11-13H,1,10,14H2,2-5H3. The minimum atomic E-state index is -0.269. The van der Waals surface area contributed by atoms with Crippen LogP contribution in [0.1, 0.15) is 21.8 Å². The highest BCUT2D eigenvalue weighted by Gasteiger charge is 2.22. The van der Waals surface area contributed by atoms with E-state index in [1.54, 1.807) is 23.1 Å². The molecule has 8 heteroatoms. The molecular weight excluding hydrogens is 398 g/mol. The molecule has 0 fully saturated rings. The van der Waals surface area contributed by atoms with Gasteiger partial charge in [-0.1, -0.05) is 35.0 Å². The van der Waals surface area contributed by atoms with E-state index in [4.69, 9.17) is 18.7 Å². The molecule has 1 aromatic heterocycles. The van der Waals surface area contributed by atoms with Crippen molar-refractivity contribution in [3.05, 3.63) is 66.1 Å². The van der Waals surface area contributed by atoms with Crippen molar-refractivity contribution in [2.75, 3.05) is 27.9 Å². The summed E-state index contributed by atoms with van der Waals surface area (Å²) < 4.78 is 21.4. The lowest BCUT2D eigenvalue weighted by Gasteiger charge is -2.20. The second-order valence-electron chi connectivity index (χ2n) is 6.77. The Bertz CT molecular complexity index is 1050. The molecule has 0 spiro atoms. The topological polar surface area (TPSA) is 86.9 Å². The van der Waals surface area contributed by atoms with Crippen LogP contribution >= 0.6 is 0 Å². The van der Waals surface area contributed by atoms with Crippen LogP contribution in [0.25, 0.3) is 11.4 Å². The smallest absolute Gasteiger partial charge is 0.254 e. The number of nitrogens with zero attached hydrogens (tertiary/aromatic N) is 3. The molecule has 0 N–H and O–H groups in total. The Morgan fingerprint density at radius 3 is 2.42 bits per heavy atom. The van der Waals surface area contributed by atoms with Gasteiger partial charge in [-0.15, -0.1) is 6.58 Å². The second-order valence-corrected chi connectivity index (χ2v) is 6.77. The highest BCUT2D eigenvalue weighted by Crippen LogP contribution is 2.38. The fraction of sp³-hybridized carbons (Fsp3) is 0.261. The maximum atomic E-state index is 13.2. The summed E-state index contributed by atoms with van der Waals surface area (Å²) in [4.78, 5) is 19.2. The minimum Gasteiger partial charge on any atom is -0.493 e. The molecule has 0 aliphatic rings. The molecule has 0 bridgehead atoms. The Morgan fingerprint density at radius 2 is 1.84 bits per heavy atom. The van der Waals surface area contributed by atoms with Gasteiger partial charge in [0.2, 0.25) is 17.5 Å². The van der Waals surface area contributed by atoms with Gasteiger partial charge < -0.3 is 23.6 Å². The van der Waals surface area contributed by atoms with Gasteiger partial charge in [0, 0.05) is 17.7 Å². The fourth-order valence-corrected chi connectivity index (χ4v) is 3.15. The number of ether oxygens (including phenoxy) is 3. The van der Waals surface area contributed by atoms with E-state index in [0.717, 1.165) is 11.1 Å². The summed E-state index contributed by atoms with van der Waals surface area (Å²) in [5, 5.41) is 4.04. The van der Waals surface area contributed by atoms with Crippen molar-refractivity contribution in [1.29, 1.82) is 0 Å². The van der Waals surface area contributed by atoms with Crippen LogP contribution in [0.5, 0.6) is 17.2 Å². The van der Waals surface area contributed by atoms with Gasteiger partial charge in [-0.3, -0.25) is 4.79 Å². The SMILES string of the molecule is C=CCN(Cc1nc(-c2cccc(C)c2)no1)C(=O)c1cc(OC)c(OC)c(OC)c1. The number of hydrogen-bond donors (Lipinski definition) is 0. The third-order valence-corrected chi connectivity index (χ3v) is 4.62. The zero-order chi connectivity index (χ0) is 22.4. The molecule has 3 rings (SSSR count). The molecule has 1 heterocycles. The van der Waals surface area contributed by atoms with Crippen LogP contribution in [0.3, 0.4) is 0 Å². The Kier molecular flexibility index (Phi) is 6.92. The molecule has 0 aliphatic carbocycles. The highest BCUT2D eigenvalue weighted by molar-refractivity contribution is 5.95. The van der Waals surface area contributed by atoms with Crippen molar-refractivity contribution < 1.29 is 23.5 Å². The first-order chi connectivity index (χ1) is 15.0. The predicted octanol–water partition coefficient (Wildman–Crippen LogP) is 3.90. The molecule has 162 valence electrons. The summed E-state index contributed by atoms with van der Waals surface area (Å²) in [5.41, 5.74) is 2.31. The van der Waals surface area contributed by atoms with Crippen LogP contribution in [-0.4, -0.2) is 48.8 Å². The van der Waals surface area contributed by atoms with Gasteiger partial charge in [0.15, 0.2) is 11.5 Å². The van der Waals surface area contributed by atoms with Crippen molar-refractivity contribution in [2.45, 2.75) is 13.5 Å². The third kappa shape index (κ3) is 4.85. The monoisotopic (exact) mass is 423 g/mol. The number of carbonyl (C=O) groups is 1. The first kappa shape index (κ1) is 21.9. The van der Waals surface area contributed by atoms with Crippen LogP contribution in [-0.2, 0) is 6.54 Å². The highest BCUT2D eigenvalue weighted by atomic mass is 16.5. The zero-order valence-electron chi connectivity index (χ0n) is 18.0. The Morgan fingerprint density at radius 1 is 1.13 bits per heavy atom. The molecule has 0 saturated carbocycles. The van der Waals surface area contributed by atoms with Crippen LogP contribution in [0.4, 0.5) is 0 Å². The van der Waals surface area contributed by atoms with Crippen molar-refractivity contribution >= 4 is 5.91 Å². The molecule has 3 aromatic rings. The van der Waals surface area contributed by atoms with E-state index < -0.39 is 0 Å². The van der Waals surface area contributed by atoms with Gasteiger partial charge in [0.05, 0.1) is 21.3 Å². The number of carbonyl (C=O) groups excluding carboxylic acids is 1. The van der Waals surface area contributed by atoms with Crippen molar-refractivity contribution in [1.82, 2.24) is 15.0 Å². The van der Waals surface area contributed by atoms with E-state index in [-0.39, 0.29) is 19.0 Å². The fourth-order valence-electron chi connectivity index (χ4n) is 3.15. The molecule has 0 aliphatic heterocycles. The van der Waals surface area contributed by atoms with E-state index in [2.05, 4.69) is 16.7 Å². The number of hydrogen-bond acceptors (Lipinski definition) is 7. The first-order valence-corrected chi connectivity index (χ1v) is 9.60. The predicted molar refractivity (Wildman–Crippen MR) is 116 cm³/mol. The van der Waals surface area contributed by atoms with Gasteiger partial charge in [0.1, 0.15) is 6.54 Å². The van der Waals surface area contributed by atoms with Crippen molar-refractivity contribution in [3.63, 3.8) is 0 Å².